The van der Waals surface area contributed by atoms with Crippen LogP contribution in [0.25, 0.3) is 10.9 Å². The van der Waals surface area contributed by atoms with Gasteiger partial charge in [-0.15, -0.1) is 11.8 Å². The zero-order valence-electron chi connectivity index (χ0n) is 11.2. The van der Waals surface area contributed by atoms with Crippen LogP contribution in [0.15, 0.2) is 24.3 Å². The summed E-state index contributed by atoms with van der Waals surface area (Å²) in [5, 5.41) is 9.32. The normalized spacial score (nSPS) is 12.2. The van der Waals surface area contributed by atoms with E-state index in [-0.39, 0.29) is 6.04 Å². The fraction of sp³-hybridized carbons (Fsp3) is 0.400. The van der Waals surface area contributed by atoms with E-state index >= 15 is 0 Å². The summed E-state index contributed by atoms with van der Waals surface area (Å²) in [6.45, 7) is 4.90. The lowest BCUT2D eigenvalue weighted by atomic mass is 10.1. The second-order valence-electron chi connectivity index (χ2n) is 4.27. The van der Waals surface area contributed by atoms with Gasteiger partial charge in [0.1, 0.15) is 0 Å². The van der Waals surface area contributed by atoms with E-state index in [1.54, 1.807) is 0 Å². The third kappa shape index (κ3) is 2.39. The molecule has 1 aromatic heterocycles. The van der Waals surface area contributed by atoms with Crippen molar-refractivity contribution in [1.82, 2.24) is 15.1 Å². The van der Waals surface area contributed by atoms with Crippen molar-refractivity contribution < 1.29 is 0 Å². The smallest absolute Gasteiger partial charge is 0.0882 e. The maximum absolute atomic E-state index is 4.65. The summed E-state index contributed by atoms with van der Waals surface area (Å²) in [5.74, 6) is 6.10. The average molecular weight is 241 g/mol. The molecule has 1 heterocycles. The van der Waals surface area contributed by atoms with Crippen LogP contribution in [0.4, 0.5) is 0 Å². The van der Waals surface area contributed by atoms with Gasteiger partial charge in [-0.25, -0.2) is 0 Å². The topological polar surface area (TPSA) is 29.9 Å². The number of fused-ring (bicyclic) bond motifs is 1. The van der Waals surface area contributed by atoms with E-state index in [9.17, 15) is 0 Å². The highest BCUT2D eigenvalue weighted by molar-refractivity contribution is 5.82. The second kappa shape index (κ2) is 5.70. The van der Waals surface area contributed by atoms with Gasteiger partial charge in [0.15, 0.2) is 0 Å². The lowest BCUT2D eigenvalue weighted by Crippen LogP contribution is -2.21. The van der Waals surface area contributed by atoms with Crippen molar-refractivity contribution in [1.29, 1.82) is 0 Å². The molecule has 0 bridgehead atoms. The Morgan fingerprint density at radius 1 is 1.39 bits per heavy atom. The van der Waals surface area contributed by atoms with Crippen molar-refractivity contribution in [2.45, 2.75) is 26.3 Å². The molecule has 1 N–H and O–H groups in total. The molecule has 0 spiro atoms. The van der Waals surface area contributed by atoms with Gasteiger partial charge < -0.3 is 5.32 Å². The van der Waals surface area contributed by atoms with Gasteiger partial charge in [-0.1, -0.05) is 25.1 Å². The third-order valence-corrected chi connectivity index (χ3v) is 3.05. The van der Waals surface area contributed by atoms with Gasteiger partial charge >= 0.3 is 0 Å². The van der Waals surface area contributed by atoms with E-state index in [2.05, 4.69) is 47.4 Å². The quantitative estimate of drug-likeness (QED) is 0.834. The Morgan fingerprint density at radius 2 is 2.17 bits per heavy atom. The molecule has 0 aliphatic heterocycles. The predicted molar refractivity (Wildman–Crippen MR) is 75.2 cm³/mol. The molecule has 0 radical (unpaired) electrons. The van der Waals surface area contributed by atoms with Crippen LogP contribution in [-0.2, 0) is 7.05 Å². The van der Waals surface area contributed by atoms with E-state index in [1.807, 2.05) is 24.7 Å². The average Bonchev–Trinajstić information content (AvgIpc) is 2.73. The Balaban J connectivity index is 2.45. The van der Waals surface area contributed by atoms with Gasteiger partial charge in [-0.05, 0) is 19.5 Å². The van der Waals surface area contributed by atoms with Crippen molar-refractivity contribution in [3.05, 3.63) is 30.0 Å². The first-order valence-corrected chi connectivity index (χ1v) is 6.32. The highest BCUT2D eigenvalue weighted by Crippen LogP contribution is 2.24. The SMILES string of the molecule is CC#CCC(NCC)c1nn(C)c2ccccc12. The Morgan fingerprint density at radius 3 is 2.89 bits per heavy atom. The number of benzene rings is 1. The molecule has 3 heteroatoms. The van der Waals surface area contributed by atoms with Crippen LogP contribution in [0.2, 0.25) is 0 Å². The summed E-state index contributed by atoms with van der Waals surface area (Å²) in [4.78, 5) is 0. The molecule has 2 aromatic rings. The van der Waals surface area contributed by atoms with E-state index in [0.29, 0.717) is 0 Å². The van der Waals surface area contributed by atoms with Gasteiger partial charge in [-0.3, -0.25) is 4.68 Å². The lowest BCUT2D eigenvalue weighted by molar-refractivity contribution is 0.545. The van der Waals surface area contributed by atoms with Crippen LogP contribution in [0.5, 0.6) is 0 Å². The second-order valence-corrected chi connectivity index (χ2v) is 4.27. The predicted octanol–water partition coefficient (Wildman–Crippen LogP) is 2.64. The molecule has 1 unspecified atom stereocenters. The molecule has 0 fully saturated rings. The fourth-order valence-electron chi connectivity index (χ4n) is 2.22. The minimum absolute atomic E-state index is 0.202. The van der Waals surface area contributed by atoms with E-state index < -0.39 is 0 Å². The third-order valence-electron chi connectivity index (χ3n) is 3.05. The van der Waals surface area contributed by atoms with Crippen LogP contribution in [0.3, 0.4) is 0 Å². The van der Waals surface area contributed by atoms with Crippen LogP contribution in [0.1, 0.15) is 32.0 Å². The summed E-state index contributed by atoms with van der Waals surface area (Å²) in [6, 6.07) is 8.53. The van der Waals surface area contributed by atoms with Crippen LogP contribution < -0.4 is 5.32 Å². The minimum Gasteiger partial charge on any atom is -0.308 e. The van der Waals surface area contributed by atoms with Crippen molar-refractivity contribution in [3.63, 3.8) is 0 Å². The minimum atomic E-state index is 0.202. The molecule has 0 aliphatic rings. The standard InChI is InChI=1S/C15H19N3/c1-4-6-10-13(16-5-2)15-12-9-7-8-11-14(12)18(3)17-15/h7-9,11,13,16H,5,10H2,1-3H3. The summed E-state index contributed by atoms with van der Waals surface area (Å²) < 4.78 is 1.94. The Hall–Kier alpha value is -1.79. The first kappa shape index (κ1) is 12.7. The number of nitrogens with zero attached hydrogens (tertiary/aromatic N) is 2. The van der Waals surface area contributed by atoms with Gasteiger partial charge in [-0.2, -0.15) is 5.10 Å². The molecule has 0 aliphatic carbocycles. The molecule has 3 nitrogen and oxygen atoms in total. The first-order chi connectivity index (χ1) is 8.77. The van der Waals surface area contributed by atoms with Crippen molar-refractivity contribution in [2.24, 2.45) is 7.05 Å². The highest BCUT2D eigenvalue weighted by atomic mass is 15.3. The van der Waals surface area contributed by atoms with Crippen LogP contribution >= 0.6 is 0 Å². The van der Waals surface area contributed by atoms with E-state index in [4.69, 9.17) is 0 Å². The number of nitrogens with one attached hydrogen (secondary N) is 1. The highest BCUT2D eigenvalue weighted by Gasteiger charge is 2.16. The lowest BCUT2D eigenvalue weighted by Gasteiger charge is -2.12. The monoisotopic (exact) mass is 241 g/mol. The van der Waals surface area contributed by atoms with Crippen molar-refractivity contribution in [3.8, 4) is 11.8 Å². The maximum Gasteiger partial charge on any atom is 0.0882 e. The zero-order valence-corrected chi connectivity index (χ0v) is 11.2. The molecule has 0 amide bonds. The number of hydrogen-bond donors (Lipinski definition) is 1. The maximum atomic E-state index is 4.65. The molecular formula is C15H19N3. The molecule has 1 atom stereocenters. The Bertz CT molecular complexity index is 587. The molecule has 0 saturated heterocycles. The van der Waals surface area contributed by atoms with Crippen LogP contribution in [-0.4, -0.2) is 16.3 Å². The number of aryl methyl sites for hydroxylation is 1. The summed E-state index contributed by atoms with van der Waals surface area (Å²) in [6.07, 6.45) is 0.797. The molecule has 0 saturated carbocycles. The number of hydrogen-bond acceptors (Lipinski definition) is 2. The molecule has 2 rings (SSSR count). The van der Waals surface area contributed by atoms with Gasteiger partial charge in [0, 0.05) is 18.9 Å². The van der Waals surface area contributed by atoms with Crippen LogP contribution in [0, 0.1) is 11.8 Å². The molecule has 1 aromatic carbocycles. The van der Waals surface area contributed by atoms with Crippen molar-refractivity contribution >= 4 is 10.9 Å². The molecule has 94 valence electrons. The molecule has 18 heavy (non-hydrogen) atoms. The summed E-state index contributed by atoms with van der Waals surface area (Å²) in [5.41, 5.74) is 2.26. The zero-order chi connectivity index (χ0) is 13.0. The van der Waals surface area contributed by atoms with Gasteiger partial charge in [0.05, 0.1) is 17.3 Å². The summed E-state index contributed by atoms with van der Waals surface area (Å²) in [7, 11) is 1.99. The molecular weight excluding hydrogens is 222 g/mol. The largest absolute Gasteiger partial charge is 0.308 e. The van der Waals surface area contributed by atoms with E-state index in [1.165, 1.54) is 10.9 Å². The summed E-state index contributed by atoms with van der Waals surface area (Å²) >= 11 is 0. The Labute approximate surface area is 108 Å². The Kier molecular flexibility index (Phi) is 4.01. The van der Waals surface area contributed by atoms with Gasteiger partial charge in [0.25, 0.3) is 0 Å². The number of para-hydroxylation sites is 1. The number of aromatic nitrogens is 2. The van der Waals surface area contributed by atoms with Crippen molar-refractivity contribution in [2.75, 3.05) is 6.54 Å². The number of rotatable bonds is 4. The van der Waals surface area contributed by atoms with Gasteiger partial charge in [0.2, 0.25) is 0 Å². The fourth-order valence-corrected chi connectivity index (χ4v) is 2.22. The first-order valence-electron chi connectivity index (χ1n) is 6.32. The van der Waals surface area contributed by atoms with E-state index in [0.717, 1.165) is 18.7 Å².